The molecule has 24 heavy (non-hydrogen) atoms. The lowest BCUT2D eigenvalue weighted by Gasteiger charge is -2.36. The smallest absolute Gasteiger partial charge is 0.254 e. The number of fused-ring (bicyclic) bond motifs is 1. The van der Waals surface area contributed by atoms with Gasteiger partial charge < -0.3 is 19.3 Å². The topological polar surface area (TPSA) is 54.9 Å². The highest BCUT2D eigenvalue weighted by molar-refractivity contribution is 5.94. The first-order chi connectivity index (χ1) is 11.8. The summed E-state index contributed by atoms with van der Waals surface area (Å²) in [6.45, 7) is 4.20. The molecule has 0 atom stereocenters. The number of pyridine rings is 1. The monoisotopic (exact) mass is 325 g/mol. The summed E-state index contributed by atoms with van der Waals surface area (Å²) in [5.74, 6) is 1.67. The SMILES string of the molecule is O=C(c1ccncc1)N1CCN(c2ccc3c(c2)OCCO3)CC1. The Bertz CT molecular complexity index is 728. The maximum absolute atomic E-state index is 12.5. The minimum Gasteiger partial charge on any atom is -0.486 e. The molecule has 2 aliphatic heterocycles. The number of hydrogen-bond donors (Lipinski definition) is 0. The average molecular weight is 325 g/mol. The Morgan fingerprint density at radius 3 is 2.38 bits per heavy atom. The number of nitrogens with zero attached hydrogens (tertiary/aromatic N) is 3. The Morgan fingerprint density at radius 1 is 0.917 bits per heavy atom. The van der Waals surface area contributed by atoms with Gasteiger partial charge in [-0.15, -0.1) is 0 Å². The first-order valence-corrected chi connectivity index (χ1v) is 8.15. The molecule has 0 bridgehead atoms. The van der Waals surface area contributed by atoms with E-state index in [9.17, 15) is 4.79 Å². The number of hydrogen-bond acceptors (Lipinski definition) is 5. The van der Waals surface area contributed by atoms with Crippen LogP contribution in [0.25, 0.3) is 0 Å². The average Bonchev–Trinajstić information content (AvgIpc) is 2.68. The van der Waals surface area contributed by atoms with Crippen LogP contribution >= 0.6 is 0 Å². The number of carbonyl (C=O) groups excluding carboxylic acids is 1. The van der Waals surface area contributed by atoms with Crippen molar-refractivity contribution in [2.24, 2.45) is 0 Å². The summed E-state index contributed by atoms with van der Waals surface area (Å²) in [6.07, 6.45) is 3.30. The predicted octanol–water partition coefficient (Wildman–Crippen LogP) is 1.82. The highest BCUT2D eigenvalue weighted by Crippen LogP contribution is 2.34. The maximum atomic E-state index is 12.5. The molecule has 0 N–H and O–H groups in total. The van der Waals surface area contributed by atoms with Crippen LogP contribution in [0.1, 0.15) is 10.4 Å². The van der Waals surface area contributed by atoms with Gasteiger partial charge in [0.15, 0.2) is 11.5 Å². The maximum Gasteiger partial charge on any atom is 0.254 e. The van der Waals surface area contributed by atoms with Crippen molar-refractivity contribution < 1.29 is 14.3 Å². The van der Waals surface area contributed by atoms with Crippen molar-refractivity contribution >= 4 is 11.6 Å². The van der Waals surface area contributed by atoms with Crippen LogP contribution < -0.4 is 14.4 Å². The number of carbonyl (C=O) groups is 1. The molecule has 124 valence electrons. The van der Waals surface area contributed by atoms with Gasteiger partial charge in [-0.1, -0.05) is 0 Å². The van der Waals surface area contributed by atoms with Gasteiger partial charge in [-0.2, -0.15) is 0 Å². The van der Waals surface area contributed by atoms with Gasteiger partial charge in [-0.05, 0) is 24.3 Å². The second-order valence-electron chi connectivity index (χ2n) is 5.84. The van der Waals surface area contributed by atoms with Crippen LogP contribution in [0.15, 0.2) is 42.7 Å². The van der Waals surface area contributed by atoms with E-state index in [0.29, 0.717) is 31.9 Å². The van der Waals surface area contributed by atoms with Crippen LogP contribution in [0.5, 0.6) is 11.5 Å². The number of ether oxygens (including phenoxy) is 2. The van der Waals surface area contributed by atoms with E-state index in [1.54, 1.807) is 24.5 Å². The van der Waals surface area contributed by atoms with Gasteiger partial charge >= 0.3 is 0 Å². The molecule has 1 amide bonds. The zero-order valence-corrected chi connectivity index (χ0v) is 13.4. The first-order valence-electron chi connectivity index (χ1n) is 8.15. The third-order valence-electron chi connectivity index (χ3n) is 4.39. The summed E-state index contributed by atoms with van der Waals surface area (Å²) < 4.78 is 11.2. The molecule has 1 aromatic carbocycles. The van der Waals surface area contributed by atoms with Crippen LogP contribution in [0.4, 0.5) is 5.69 Å². The van der Waals surface area contributed by atoms with Crippen molar-refractivity contribution in [2.45, 2.75) is 0 Å². The molecule has 0 aliphatic carbocycles. The lowest BCUT2D eigenvalue weighted by molar-refractivity contribution is 0.0746. The fraction of sp³-hybridized carbons (Fsp3) is 0.333. The van der Waals surface area contributed by atoms with E-state index in [0.717, 1.165) is 30.3 Å². The van der Waals surface area contributed by atoms with Crippen LogP contribution in [0.3, 0.4) is 0 Å². The summed E-state index contributed by atoms with van der Waals surface area (Å²) in [4.78, 5) is 20.6. The molecule has 4 rings (SSSR count). The molecule has 1 fully saturated rings. The highest BCUT2D eigenvalue weighted by Gasteiger charge is 2.23. The number of anilines is 1. The number of rotatable bonds is 2. The largest absolute Gasteiger partial charge is 0.486 e. The first kappa shape index (κ1) is 14.8. The molecule has 2 aromatic rings. The van der Waals surface area contributed by atoms with E-state index in [1.165, 1.54) is 0 Å². The van der Waals surface area contributed by atoms with Gasteiger partial charge in [-0.3, -0.25) is 9.78 Å². The Kier molecular flexibility index (Phi) is 3.94. The Morgan fingerprint density at radius 2 is 1.62 bits per heavy atom. The molecule has 2 aliphatic rings. The second-order valence-corrected chi connectivity index (χ2v) is 5.84. The predicted molar refractivity (Wildman–Crippen MR) is 89.8 cm³/mol. The zero-order valence-electron chi connectivity index (χ0n) is 13.4. The van der Waals surface area contributed by atoms with Crippen LogP contribution in [-0.2, 0) is 0 Å². The molecule has 6 heteroatoms. The van der Waals surface area contributed by atoms with Crippen molar-refractivity contribution in [3.8, 4) is 11.5 Å². The van der Waals surface area contributed by atoms with Crippen molar-refractivity contribution in [3.05, 3.63) is 48.3 Å². The third kappa shape index (κ3) is 2.87. The quantitative estimate of drug-likeness (QED) is 0.843. The highest BCUT2D eigenvalue weighted by atomic mass is 16.6. The minimum absolute atomic E-state index is 0.0687. The van der Waals surface area contributed by atoms with Crippen molar-refractivity contribution in [1.29, 1.82) is 0 Å². The summed E-state index contributed by atoms with van der Waals surface area (Å²) in [5, 5.41) is 0. The lowest BCUT2D eigenvalue weighted by Crippen LogP contribution is -2.48. The van der Waals surface area contributed by atoms with Gasteiger partial charge in [0.05, 0.1) is 0 Å². The van der Waals surface area contributed by atoms with Gasteiger partial charge in [0.2, 0.25) is 0 Å². The Labute approximate surface area is 140 Å². The summed E-state index contributed by atoms with van der Waals surface area (Å²) in [5.41, 5.74) is 1.80. The number of amides is 1. The molecular formula is C18H19N3O3. The van der Waals surface area contributed by atoms with Crippen molar-refractivity contribution in [2.75, 3.05) is 44.3 Å². The van der Waals surface area contributed by atoms with Gasteiger partial charge in [0.25, 0.3) is 5.91 Å². The summed E-state index contributed by atoms with van der Waals surface area (Å²) in [7, 11) is 0. The Hall–Kier alpha value is -2.76. The molecule has 0 unspecified atom stereocenters. The van der Waals surface area contributed by atoms with Crippen molar-refractivity contribution in [1.82, 2.24) is 9.88 Å². The van der Waals surface area contributed by atoms with Gasteiger partial charge in [0.1, 0.15) is 13.2 Å². The molecule has 0 spiro atoms. The molecule has 0 saturated carbocycles. The fourth-order valence-electron chi connectivity index (χ4n) is 3.07. The number of benzene rings is 1. The molecule has 6 nitrogen and oxygen atoms in total. The van der Waals surface area contributed by atoms with E-state index in [1.807, 2.05) is 23.1 Å². The second kappa shape index (κ2) is 6.39. The van der Waals surface area contributed by atoms with Crippen LogP contribution in [0, 0.1) is 0 Å². The number of aromatic nitrogens is 1. The van der Waals surface area contributed by atoms with Gasteiger partial charge in [-0.25, -0.2) is 0 Å². The standard InChI is InChI=1S/C18H19N3O3/c22-18(14-3-5-19-6-4-14)21-9-7-20(8-10-21)15-1-2-16-17(13-15)24-12-11-23-16/h1-6,13H,7-12H2. The van der Waals surface area contributed by atoms with E-state index < -0.39 is 0 Å². The molecule has 3 heterocycles. The van der Waals surface area contributed by atoms with E-state index in [4.69, 9.17) is 9.47 Å². The van der Waals surface area contributed by atoms with Crippen LogP contribution in [0.2, 0.25) is 0 Å². The Balaban J connectivity index is 1.42. The minimum atomic E-state index is 0.0687. The summed E-state index contributed by atoms with van der Waals surface area (Å²) in [6, 6.07) is 9.55. The lowest BCUT2D eigenvalue weighted by atomic mass is 10.2. The normalized spacial score (nSPS) is 16.8. The van der Waals surface area contributed by atoms with Gasteiger partial charge in [0, 0.05) is 55.9 Å². The van der Waals surface area contributed by atoms with Crippen LogP contribution in [-0.4, -0.2) is 55.2 Å². The molecule has 1 aromatic heterocycles. The molecular weight excluding hydrogens is 306 g/mol. The van der Waals surface area contributed by atoms with E-state index >= 15 is 0 Å². The summed E-state index contributed by atoms with van der Waals surface area (Å²) >= 11 is 0. The molecule has 1 saturated heterocycles. The number of piperazine rings is 1. The third-order valence-corrected chi connectivity index (χ3v) is 4.39. The van der Waals surface area contributed by atoms with E-state index in [-0.39, 0.29) is 5.91 Å². The fourth-order valence-corrected chi connectivity index (χ4v) is 3.07. The van der Waals surface area contributed by atoms with Crippen molar-refractivity contribution in [3.63, 3.8) is 0 Å². The van der Waals surface area contributed by atoms with E-state index in [2.05, 4.69) is 9.88 Å². The zero-order chi connectivity index (χ0) is 16.4. The molecule has 0 radical (unpaired) electrons.